The van der Waals surface area contributed by atoms with Gasteiger partial charge in [0.1, 0.15) is 5.01 Å². The quantitative estimate of drug-likeness (QED) is 0.643. The monoisotopic (exact) mass is 337 g/mol. The summed E-state index contributed by atoms with van der Waals surface area (Å²) in [6, 6.07) is 8.33. The van der Waals surface area contributed by atoms with E-state index in [4.69, 9.17) is 23.2 Å². The van der Waals surface area contributed by atoms with Crippen molar-refractivity contribution in [3.8, 4) is 10.6 Å². The highest BCUT2D eigenvalue weighted by Crippen LogP contribution is 2.25. The molecule has 108 valence electrons. The number of alkyl halides is 1. The van der Waals surface area contributed by atoms with Crippen molar-refractivity contribution in [3.63, 3.8) is 0 Å². The average molecular weight is 338 g/mol. The van der Waals surface area contributed by atoms with Crippen molar-refractivity contribution in [3.05, 3.63) is 57.8 Å². The highest BCUT2D eigenvalue weighted by atomic mass is 35.5. The first-order chi connectivity index (χ1) is 10.2. The Morgan fingerprint density at radius 3 is 2.57 bits per heavy atom. The molecular weight excluding hydrogens is 325 g/mol. The molecule has 3 aromatic rings. The normalized spacial score (nSPS) is 11.0. The molecule has 0 amide bonds. The predicted octanol–water partition coefficient (Wildman–Crippen LogP) is 4.76. The largest absolute Gasteiger partial charge is 0.264 e. The first kappa shape index (κ1) is 14.6. The molecule has 0 saturated carbocycles. The summed E-state index contributed by atoms with van der Waals surface area (Å²) >= 11 is 13.4. The molecule has 2 heterocycles. The summed E-state index contributed by atoms with van der Waals surface area (Å²) in [7, 11) is 0. The van der Waals surface area contributed by atoms with Crippen molar-refractivity contribution in [2.75, 3.05) is 0 Å². The standard InChI is InChI=1S/C15H13Cl2N3S/c1-10-14(17)7-18-20(10)8-11-2-4-12(5-3-11)15-19-13(6-16)9-21-15/h2-5,7,9H,6,8H2,1H3. The van der Waals surface area contributed by atoms with Crippen LogP contribution in [0, 0.1) is 6.92 Å². The number of aromatic nitrogens is 3. The molecule has 21 heavy (non-hydrogen) atoms. The average Bonchev–Trinajstić information content (AvgIpc) is 3.10. The van der Waals surface area contributed by atoms with Crippen LogP contribution in [0.25, 0.3) is 10.6 Å². The van der Waals surface area contributed by atoms with Crippen LogP contribution in [0.2, 0.25) is 5.02 Å². The van der Waals surface area contributed by atoms with E-state index in [0.717, 1.165) is 22.0 Å². The second-order valence-corrected chi connectivity index (χ2v) is 6.24. The van der Waals surface area contributed by atoms with Gasteiger partial charge in [-0.2, -0.15) is 5.10 Å². The third kappa shape index (κ3) is 3.12. The van der Waals surface area contributed by atoms with Gasteiger partial charge >= 0.3 is 0 Å². The van der Waals surface area contributed by atoms with Gasteiger partial charge < -0.3 is 0 Å². The Hall–Kier alpha value is -1.36. The van der Waals surface area contributed by atoms with Crippen molar-refractivity contribution < 1.29 is 0 Å². The highest BCUT2D eigenvalue weighted by molar-refractivity contribution is 7.13. The summed E-state index contributed by atoms with van der Waals surface area (Å²) in [5.41, 5.74) is 4.18. The van der Waals surface area contributed by atoms with Crippen LogP contribution < -0.4 is 0 Å². The minimum absolute atomic E-state index is 0.452. The predicted molar refractivity (Wildman–Crippen MR) is 88.2 cm³/mol. The van der Waals surface area contributed by atoms with Gasteiger partial charge in [0, 0.05) is 10.9 Å². The fraction of sp³-hybridized carbons (Fsp3) is 0.200. The second kappa shape index (κ2) is 6.18. The Morgan fingerprint density at radius 2 is 2.00 bits per heavy atom. The van der Waals surface area contributed by atoms with Crippen molar-refractivity contribution in [1.29, 1.82) is 0 Å². The lowest BCUT2D eigenvalue weighted by Gasteiger charge is -2.05. The molecule has 0 atom stereocenters. The molecule has 0 saturated heterocycles. The molecule has 0 radical (unpaired) electrons. The molecule has 6 heteroatoms. The smallest absolute Gasteiger partial charge is 0.123 e. The molecule has 0 unspecified atom stereocenters. The number of hydrogen-bond acceptors (Lipinski definition) is 3. The number of thiazole rings is 1. The summed E-state index contributed by atoms with van der Waals surface area (Å²) in [6.45, 7) is 2.68. The first-order valence-electron chi connectivity index (χ1n) is 6.45. The minimum Gasteiger partial charge on any atom is -0.264 e. The first-order valence-corrected chi connectivity index (χ1v) is 8.24. The third-order valence-corrected chi connectivity index (χ3v) is 4.85. The van der Waals surface area contributed by atoms with Crippen LogP contribution in [0.5, 0.6) is 0 Å². The third-order valence-electron chi connectivity index (χ3n) is 3.27. The summed E-state index contributed by atoms with van der Waals surface area (Å²) < 4.78 is 1.90. The molecule has 3 rings (SSSR count). The lowest BCUT2D eigenvalue weighted by Crippen LogP contribution is -2.03. The van der Waals surface area contributed by atoms with Crippen LogP contribution in [-0.4, -0.2) is 14.8 Å². The van der Waals surface area contributed by atoms with Crippen molar-refractivity contribution in [2.24, 2.45) is 0 Å². The van der Waals surface area contributed by atoms with Gasteiger partial charge in [-0.15, -0.1) is 22.9 Å². The highest BCUT2D eigenvalue weighted by Gasteiger charge is 2.06. The number of hydrogen-bond donors (Lipinski definition) is 0. The van der Waals surface area contributed by atoms with E-state index < -0.39 is 0 Å². The summed E-state index contributed by atoms with van der Waals surface area (Å²) in [5.74, 6) is 0.452. The Morgan fingerprint density at radius 1 is 1.24 bits per heavy atom. The minimum atomic E-state index is 0.452. The Bertz CT molecular complexity index is 747. The number of halogens is 2. The molecule has 0 bridgehead atoms. The molecule has 0 aliphatic heterocycles. The number of nitrogens with zero attached hydrogens (tertiary/aromatic N) is 3. The van der Waals surface area contributed by atoms with E-state index >= 15 is 0 Å². The van der Waals surface area contributed by atoms with E-state index in [1.54, 1.807) is 17.5 Å². The summed E-state index contributed by atoms with van der Waals surface area (Å²) in [6.07, 6.45) is 1.68. The zero-order valence-electron chi connectivity index (χ0n) is 11.4. The van der Waals surface area contributed by atoms with Gasteiger partial charge in [0.05, 0.1) is 35.0 Å². The van der Waals surface area contributed by atoms with Gasteiger partial charge in [0.2, 0.25) is 0 Å². The maximum Gasteiger partial charge on any atom is 0.123 e. The molecule has 0 fully saturated rings. The summed E-state index contributed by atoms with van der Waals surface area (Å²) in [5, 5.41) is 7.95. The van der Waals surface area contributed by atoms with Crippen LogP contribution in [0.4, 0.5) is 0 Å². The molecule has 0 aliphatic rings. The molecule has 0 N–H and O–H groups in total. The van der Waals surface area contributed by atoms with Crippen LogP contribution in [0.3, 0.4) is 0 Å². The topological polar surface area (TPSA) is 30.7 Å². The van der Waals surface area contributed by atoms with Gasteiger partial charge in [-0.1, -0.05) is 35.9 Å². The van der Waals surface area contributed by atoms with Gasteiger partial charge in [0.15, 0.2) is 0 Å². The van der Waals surface area contributed by atoms with E-state index in [2.05, 4.69) is 34.3 Å². The SMILES string of the molecule is Cc1c(Cl)cnn1Cc1ccc(-c2nc(CCl)cs2)cc1. The van der Waals surface area contributed by atoms with Crippen molar-refractivity contribution >= 4 is 34.5 Å². The lowest BCUT2D eigenvalue weighted by atomic mass is 10.1. The molecule has 3 nitrogen and oxygen atoms in total. The van der Waals surface area contributed by atoms with Gasteiger partial charge in [-0.25, -0.2) is 4.98 Å². The summed E-state index contributed by atoms with van der Waals surface area (Å²) in [4.78, 5) is 4.48. The molecule has 2 aromatic heterocycles. The molecule has 0 spiro atoms. The molecule has 0 aliphatic carbocycles. The zero-order valence-corrected chi connectivity index (χ0v) is 13.7. The van der Waals surface area contributed by atoms with Gasteiger partial charge in [0.25, 0.3) is 0 Å². The molecule has 1 aromatic carbocycles. The maximum absolute atomic E-state index is 6.02. The van der Waals surface area contributed by atoms with E-state index in [1.165, 1.54) is 5.56 Å². The van der Waals surface area contributed by atoms with Crippen molar-refractivity contribution in [2.45, 2.75) is 19.3 Å². The molecular formula is C15H13Cl2N3S. The van der Waals surface area contributed by atoms with Crippen LogP contribution in [0.15, 0.2) is 35.8 Å². The Balaban J connectivity index is 1.79. The second-order valence-electron chi connectivity index (χ2n) is 4.71. The maximum atomic E-state index is 6.02. The fourth-order valence-corrected chi connectivity index (χ4v) is 3.21. The Labute approximate surface area is 137 Å². The van der Waals surface area contributed by atoms with Crippen LogP contribution in [-0.2, 0) is 12.4 Å². The Kier molecular flexibility index (Phi) is 4.29. The van der Waals surface area contributed by atoms with E-state index in [1.807, 2.05) is 17.0 Å². The fourth-order valence-electron chi connectivity index (χ4n) is 2.01. The zero-order chi connectivity index (χ0) is 14.8. The van der Waals surface area contributed by atoms with Crippen LogP contribution >= 0.6 is 34.5 Å². The van der Waals surface area contributed by atoms with Crippen LogP contribution in [0.1, 0.15) is 17.0 Å². The van der Waals surface area contributed by atoms with Crippen molar-refractivity contribution in [1.82, 2.24) is 14.8 Å². The lowest BCUT2D eigenvalue weighted by molar-refractivity contribution is 0.665. The van der Waals surface area contributed by atoms with Gasteiger partial charge in [-0.05, 0) is 12.5 Å². The van der Waals surface area contributed by atoms with E-state index in [-0.39, 0.29) is 0 Å². The number of benzene rings is 1. The van der Waals surface area contributed by atoms with Gasteiger partial charge in [-0.3, -0.25) is 4.68 Å². The van der Waals surface area contributed by atoms with E-state index in [9.17, 15) is 0 Å². The van der Waals surface area contributed by atoms with E-state index in [0.29, 0.717) is 17.4 Å². The number of rotatable bonds is 4.